The van der Waals surface area contributed by atoms with Gasteiger partial charge in [0.1, 0.15) is 6.26 Å². The molecule has 7 nitrogen and oxygen atoms in total. The Morgan fingerprint density at radius 3 is 2.83 bits per heavy atom. The molecule has 0 aliphatic heterocycles. The maximum absolute atomic E-state index is 10.8. The maximum atomic E-state index is 10.8. The minimum absolute atomic E-state index is 0.0780. The van der Waals surface area contributed by atoms with E-state index in [1.807, 2.05) is 60.2 Å². The molecule has 24 heavy (non-hydrogen) atoms. The number of carboxylic acids is 1. The zero-order valence-electron chi connectivity index (χ0n) is 13.5. The van der Waals surface area contributed by atoms with E-state index in [-0.39, 0.29) is 5.69 Å². The average molecular weight is 326 g/mol. The Hall–Kier alpha value is -2.93. The number of hydrogen-bond acceptors (Lipinski definition) is 5. The molecule has 0 aliphatic carbocycles. The number of para-hydroxylation sites is 1. The van der Waals surface area contributed by atoms with Gasteiger partial charge in [0.2, 0.25) is 5.89 Å². The first-order valence-electron chi connectivity index (χ1n) is 7.48. The summed E-state index contributed by atoms with van der Waals surface area (Å²) in [6.45, 7) is 3.12. The molecule has 1 N–H and O–H groups in total. The summed E-state index contributed by atoms with van der Waals surface area (Å²) in [4.78, 5) is 16.7. The van der Waals surface area contributed by atoms with Gasteiger partial charge in [-0.3, -0.25) is 4.90 Å². The topological polar surface area (TPSA) is 84.4 Å². The van der Waals surface area contributed by atoms with Crippen LogP contribution in [0.1, 0.15) is 27.5 Å². The van der Waals surface area contributed by atoms with Crippen molar-refractivity contribution in [3.63, 3.8) is 0 Å². The Kier molecular flexibility index (Phi) is 4.43. The summed E-state index contributed by atoms with van der Waals surface area (Å²) in [6, 6.07) is 8.05. The lowest BCUT2D eigenvalue weighted by atomic mass is 10.2. The van der Waals surface area contributed by atoms with Gasteiger partial charge >= 0.3 is 5.97 Å². The summed E-state index contributed by atoms with van der Waals surface area (Å²) in [5.74, 6) is -0.714. The van der Waals surface area contributed by atoms with Crippen molar-refractivity contribution in [3.8, 4) is 5.69 Å². The van der Waals surface area contributed by atoms with Crippen molar-refractivity contribution in [1.29, 1.82) is 0 Å². The monoisotopic (exact) mass is 326 g/mol. The van der Waals surface area contributed by atoms with E-state index in [4.69, 9.17) is 9.52 Å². The van der Waals surface area contributed by atoms with Crippen LogP contribution in [-0.4, -0.2) is 37.8 Å². The average Bonchev–Trinajstić information content (AvgIpc) is 3.17. The lowest BCUT2D eigenvalue weighted by Crippen LogP contribution is -2.17. The zero-order chi connectivity index (χ0) is 17.1. The molecular formula is C17H18N4O3. The first kappa shape index (κ1) is 15.9. The molecule has 2 aromatic heterocycles. The Morgan fingerprint density at radius 1 is 1.33 bits per heavy atom. The molecular weight excluding hydrogens is 308 g/mol. The van der Waals surface area contributed by atoms with Crippen LogP contribution in [0.5, 0.6) is 0 Å². The van der Waals surface area contributed by atoms with Gasteiger partial charge in [-0.2, -0.15) is 5.10 Å². The van der Waals surface area contributed by atoms with Crippen LogP contribution in [0.2, 0.25) is 0 Å². The van der Waals surface area contributed by atoms with E-state index in [2.05, 4.69) is 10.1 Å². The Labute approximate surface area is 139 Å². The molecule has 7 heteroatoms. The van der Waals surface area contributed by atoms with E-state index in [0.29, 0.717) is 19.0 Å². The third-order valence-corrected chi connectivity index (χ3v) is 3.63. The number of aryl methyl sites for hydroxylation is 1. The molecule has 0 amide bonds. The molecule has 1 aromatic carbocycles. The van der Waals surface area contributed by atoms with Gasteiger partial charge in [0.05, 0.1) is 18.4 Å². The minimum Gasteiger partial charge on any atom is -0.476 e. The van der Waals surface area contributed by atoms with Crippen LogP contribution < -0.4 is 0 Å². The summed E-state index contributed by atoms with van der Waals surface area (Å²) in [5, 5.41) is 13.3. The van der Waals surface area contributed by atoms with Crippen molar-refractivity contribution in [2.24, 2.45) is 0 Å². The molecule has 0 atom stereocenters. The number of aromatic nitrogens is 3. The second-order valence-corrected chi connectivity index (χ2v) is 5.68. The molecule has 3 rings (SSSR count). The first-order chi connectivity index (χ1) is 11.5. The number of carbonyl (C=O) groups is 1. The smallest absolute Gasteiger partial charge is 0.357 e. The largest absolute Gasteiger partial charge is 0.476 e. The van der Waals surface area contributed by atoms with E-state index in [9.17, 15) is 4.79 Å². The number of oxazole rings is 1. The van der Waals surface area contributed by atoms with Gasteiger partial charge < -0.3 is 9.52 Å². The van der Waals surface area contributed by atoms with Gasteiger partial charge in [0.15, 0.2) is 5.69 Å². The molecule has 0 unspecified atom stereocenters. The highest BCUT2D eigenvalue weighted by atomic mass is 16.4. The lowest BCUT2D eigenvalue weighted by molar-refractivity contribution is 0.0690. The van der Waals surface area contributed by atoms with Gasteiger partial charge in [-0.25, -0.2) is 14.5 Å². The number of rotatable bonds is 6. The standard InChI is InChI=1S/C17H18N4O3/c1-12-5-3-4-6-15(12)21-9-13(7-18-21)8-20(2)10-16-19-14(11-24-16)17(22)23/h3-7,9,11H,8,10H2,1-2H3,(H,22,23). The van der Waals surface area contributed by atoms with Crippen LogP contribution in [0.15, 0.2) is 47.3 Å². The van der Waals surface area contributed by atoms with Crippen LogP contribution in [0.3, 0.4) is 0 Å². The van der Waals surface area contributed by atoms with Crippen molar-refractivity contribution >= 4 is 5.97 Å². The van der Waals surface area contributed by atoms with Crippen LogP contribution in [0, 0.1) is 6.92 Å². The summed E-state index contributed by atoms with van der Waals surface area (Å²) in [5.41, 5.74) is 3.17. The quantitative estimate of drug-likeness (QED) is 0.749. The molecule has 0 saturated heterocycles. The molecule has 3 aromatic rings. The molecule has 0 saturated carbocycles. The van der Waals surface area contributed by atoms with Gasteiger partial charge in [-0.1, -0.05) is 18.2 Å². The highest BCUT2D eigenvalue weighted by Gasteiger charge is 2.13. The first-order valence-corrected chi connectivity index (χ1v) is 7.48. The summed E-state index contributed by atoms with van der Waals surface area (Å²) >= 11 is 0. The fourth-order valence-electron chi connectivity index (χ4n) is 2.47. The number of hydrogen-bond donors (Lipinski definition) is 1. The molecule has 0 spiro atoms. The van der Waals surface area contributed by atoms with E-state index < -0.39 is 5.97 Å². The lowest BCUT2D eigenvalue weighted by Gasteiger charge is -2.12. The Bertz CT molecular complexity index is 853. The van der Waals surface area contributed by atoms with Crippen LogP contribution in [-0.2, 0) is 13.1 Å². The predicted octanol–water partition coefficient (Wildman–Crippen LogP) is 2.50. The normalized spacial score (nSPS) is 11.1. The highest BCUT2D eigenvalue weighted by Crippen LogP contribution is 2.14. The maximum Gasteiger partial charge on any atom is 0.357 e. The summed E-state index contributed by atoms with van der Waals surface area (Å²) < 4.78 is 7.02. The van der Waals surface area contributed by atoms with Crippen LogP contribution >= 0.6 is 0 Å². The highest BCUT2D eigenvalue weighted by molar-refractivity contribution is 5.84. The summed E-state index contributed by atoms with van der Waals surface area (Å²) in [6.07, 6.45) is 4.96. The molecule has 0 aliphatic rings. The van der Waals surface area contributed by atoms with Crippen LogP contribution in [0.4, 0.5) is 0 Å². The number of aromatic carboxylic acids is 1. The molecule has 0 radical (unpaired) electrons. The SMILES string of the molecule is Cc1ccccc1-n1cc(CN(C)Cc2nc(C(=O)O)co2)cn1. The second kappa shape index (κ2) is 6.67. The van der Waals surface area contributed by atoms with Gasteiger partial charge in [-0.05, 0) is 25.6 Å². The van der Waals surface area contributed by atoms with E-state index in [1.165, 1.54) is 0 Å². The molecule has 0 bridgehead atoms. The van der Waals surface area contributed by atoms with E-state index in [1.54, 1.807) is 0 Å². The van der Waals surface area contributed by atoms with Crippen molar-refractivity contribution in [2.45, 2.75) is 20.0 Å². The van der Waals surface area contributed by atoms with Gasteiger partial charge in [-0.15, -0.1) is 0 Å². The molecule has 2 heterocycles. The second-order valence-electron chi connectivity index (χ2n) is 5.68. The molecule has 0 fully saturated rings. The Balaban J connectivity index is 1.65. The zero-order valence-corrected chi connectivity index (χ0v) is 13.5. The third kappa shape index (κ3) is 3.52. The van der Waals surface area contributed by atoms with Crippen molar-refractivity contribution < 1.29 is 14.3 Å². The van der Waals surface area contributed by atoms with Crippen molar-refractivity contribution in [2.75, 3.05) is 7.05 Å². The minimum atomic E-state index is -1.09. The van der Waals surface area contributed by atoms with Gasteiger partial charge in [0.25, 0.3) is 0 Å². The third-order valence-electron chi connectivity index (χ3n) is 3.63. The van der Waals surface area contributed by atoms with E-state index in [0.717, 1.165) is 23.1 Å². The Morgan fingerprint density at radius 2 is 2.12 bits per heavy atom. The van der Waals surface area contributed by atoms with Gasteiger partial charge in [0, 0.05) is 18.3 Å². The van der Waals surface area contributed by atoms with Crippen LogP contribution in [0.25, 0.3) is 5.69 Å². The number of nitrogens with zero attached hydrogens (tertiary/aromatic N) is 4. The number of carboxylic acid groups (broad SMARTS) is 1. The molecule has 124 valence electrons. The fraction of sp³-hybridized carbons (Fsp3) is 0.235. The van der Waals surface area contributed by atoms with Crippen molar-refractivity contribution in [3.05, 3.63) is 65.6 Å². The van der Waals surface area contributed by atoms with Crippen molar-refractivity contribution in [1.82, 2.24) is 19.7 Å². The predicted molar refractivity (Wildman–Crippen MR) is 86.9 cm³/mol. The van der Waals surface area contributed by atoms with E-state index >= 15 is 0 Å². The number of benzene rings is 1. The fourth-order valence-corrected chi connectivity index (χ4v) is 2.47. The summed E-state index contributed by atoms with van der Waals surface area (Å²) in [7, 11) is 1.91.